The second-order valence-corrected chi connectivity index (χ2v) is 8.66. The monoisotopic (exact) mass is 452 g/mol. The zero-order valence-electron chi connectivity index (χ0n) is 19.2. The van der Waals surface area contributed by atoms with E-state index in [9.17, 15) is 19.1 Å². The van der Waals surface area contributed by atoms with Gasteiger partial charge in [0.15, 0.2) is 0 Å². The molecule has 2 atom stereocenters. The van der Waals surface area contributed by atoms with E-state index in [1.165, 1.54) is 21.9 Å². The second-order valence-electron chi connectivity index (χ2n) is 8.66. The highest BCUT2D eigenvalue weighted by Crippen LogP contribution is 2.40. The molecule has 4 rings (SSSR count). The van der Waals surface area contributed by atoms with Crippen LogP contribution in [-0.4, -0.2) is 48.9 Å². The molecule has 1 fully saturated rings. The Bertz CT molecular complexity index is 1110. The van der Waals surface area contributed by atoms with E-state index < -0.39 is 29.3 Å². The number of nitrogens with one attached hydrogen (secondary N) is 1. The molecular weight excluding hydrogens is 423 g/mol. The maximum atomic E-state index is 14.9. The fourth-order valence-electron chi connectivity index (χ4n) is 4.72. The quantitative estimate of drug-likeness (QED) is 0.391. The molecule has 2 aliphatic rings. The lowest BCUT2D eigenvalue weighted by Gasteiger charge is -2.28. The standard InChI is InChI=1S/C26H29FN2O4/c1-4-28(5-2)12-13-29-23(19-8-6-7-9-20(19)27)22(25(31)26(29)32)24(30)17-10-11-21-18(15-17)14-16(3)33-21/h6-11,15-16,23,30H,4-5,12-14H2,1-3H3. The first kappa shape index (κ1) is 23.0. The predicted octanol–water partition coefficient (Wildman–Crippen LogP) is 1.30. The number of carbonyl (C=O) groups excluding carboxylic acids is 2. The fraction of sp³-hybridized carbons (Fsp3) is 0.385. The van der Waals surface area contributed by atoms with Crippen molar-refractivity contribution < 1.29 is 28.7 Å². The summed E-state index contributed by atoms with van der Waals surface area (Å²) in [4.78, 5) is 28.7. The molecule has 2 aromatic rings. The summed E-state index contributed by atoms with van der Waals surface area (Å²) in [7, 11) is 0. The topological polar surface area (TPSA) is 74.1 Å². The van der Waals surface area contributed by atoms with E-state index >= 15 is 0 Å². The number of amides is 1. The summed E-state index contributed by atoms with van der Waals surface area (Å²) in [6, 6.07) is 10.0. The van der Waals surface area contributed by atoms with Crippen LogP contribution in [0.1, 0.15) is 43.5 Å². The Morgan fingerprint density at radius 1 is 1.18 bits per heavy atom. The van der Waals surface area contributed by atoms with Crippen LogP contribution in [0.5, 0.6) is 5.75 Å². The molecule has 33 heavy (non-hydrogen) atoms. The highest BCUT2D eigenvalue weighted by Gasteiger charge is 2.45. The molecule has 1 N–H and O–H groups in total. The highest BCUT2D eigenvalue weighted by molar-refractivity contribution is 6.46. The third kappa shape index (κ3) is 4.25. The lowest BCUT2D eigenvalue weighted by molar-refractivity contribution is -0.895. The number of ether oxygens (including phenoxy) is 1. The third-order valence-electron chi connectivity index (χ3n) is 6.59. The van der Waals surface area contributed by atoms with E-state index in [1.54, 1.807) is 30.3 Å². The van der Waals surface area contributed by atoms with Crippen LogP contribution < -0.4 is 14.7 Å². The molecule has 0 bridgehead atoms. The van der Waals surface area contributed by atoms with Crippen molar-refractivity contribution in [2.24, 2.45) is 0 Å². The molecule has 7 heteroatoms. The van der Waals surface area contributed by atoms with Crippen LogP contribution in [0, 0.1) is 5.82 Å². The molecule has 6 nitrogen and oxygen atoms in total. The van der Waals surface area contributed by atoms with Gasteiger partial charge in [0.05, 0.1) is 32.2 Å². The maximum absolute atomic E-state index is 14.9. The van der Waals surface area contributed by atoms with Crippen molar-refractivity contribution >= 4 is 17.4 Å². The molecule has 0 aliphatic carbocycles. The average molecular weight is 453 g/mol. The molecule has 1 amide bonds. The maximum Gasteiger partial charge on any atom is 0.295 e. The van der Waals surface area contributed by atoms with Gasteiger partial charge in [0, 0.05) is 17.6 Å². The van der Waals surface area contributed by atoms with E-state index in [0.29, 0.717) is 24.3 Å². The van der Waals surface area contributed by atoms with Crippen LogP contribution in [0.4, 0.5) is 4.39 Å². The number of carbonyl (C=O) groups is 2. The number of rotatable bonds is 7. The minimum Gasteiger partial charge on any atom is -0.872 e. The number of benzene rings is 2. The molecule has 2 aromatic carbocycles. The summed E-state index contributed by atoms with van der Waals surface area (Å²) in [5.74, 6) is -1.98. The minimum atomic E-state index is -1.04. The van der Waals surface area contributed by atoms with Crippen LogP contribution >= 0.6 is 0 Å². The average Bonchev–Trinajstić information content (AvgIpc) is 3.30. The molecule has 2 aliphatic heterocycles. The first-order valence-electron chi connectivity index (χ1n) is 11.5. The van der Waals surface area contributed by atoms with Crippen molar-refractivity contribution in [3.8, 4) is 5.75 Å². The van der Waals surface area contributed by atoms with Crippen LogP contribution in [0.25, 0.3) is 5.76 Å². The number of ketones is 1. The van der Waals surface area contributed by atoms with Gasteiger partial charge >= 0.3 is 0 Å². The summed E-state index contributed by atoms with van der Waals surface area (Å²) in [5.41, 5.74) is 1.16. The smallest absolute Gasteiger partial charge is 0.295 e. The normalized spacial score (nSPS) is 21.5. The molecule has 0 spiro atoms. The highest BCUT2D eigenvalue weighted by atomic mass is 19.1. The van der Waals surface area contributed by atoms with Gasteiger partial charge in [0.2, 0.25) is 5.78 Å². The van der Waals surface area contributed by atoms with E-state index in [4.69, 9.17) is 4.74 Å². The molecule has 174 valence electrons. The van der Waals surface area contributed by atoms with Crippen molar-refractivity contribution in [2.45, 2.75) is 39.3 Å². The first-order valence-corrected chi connectivity index (χ1v) is 11.5. The number of likely N-dealkylation sites (N-methyl/N-ethyl adjacent to an activating group) is 1. The molecular formula is C26H29FN2O4. The third-order valence-corrected chi connectivity index (χ3v) is 6.59. The van der Waals surface area contributed by atoms with Crippen LogP contribution in [0.15, 0.2) is 48.0 Å². The van der Waals surface area contributed by atoms with E-state index in [-0.39, 0.29) is 23.8 Å². The molecule has 0 saturated carbocycles. The van der Waals surface area contributed by atoms with Gasteiger partial charge in [-0.05, 0) is 50.1 Å². The van der Waals surface area contributed by atoms with Gasteiger partial charge in [0.1, 0.15) is 17.7 Å². The Morgan fingerprint density at radius 3 is 2.61 bits per heavy atom. The van der Waals surface area contributed by atoms with Crippen LogP contribution in [0.3, 0.4) is 0 Å². The number of likely N-dealkylation sites (tertiary alicyclic amines) is 1. The van der Waals surface area contributed by atoms with Gasteiger partial charge in [-0.2, -0.15) is 0 Å². The zero-order valence-corrected chi connectivity index (χ0v) is 19.2. The van der Waals surface area contributed by atoms with Gasteiger partial charge in [-0.25, -0.2) is 4.39 Å². The van der Waals surface area contributed by atoms with E-state index in [2.05, 4.69) is 0 Å². The molecule has 0 aromatic heterocycles. The van der Waals surface area contributed by atoms with Crippen LogP contribution in [0.2, 0.25) is 0 Å². The number of Topliss-reactive ketones (excluding diaryl/α,β-unsaturated/α-hetero) is 1. The zero-order chi connectivity index (χ0) is 23.7. The van der Waals surface area contributed by atoms with E-state index in [1.807, 2.05) is 20.8 Å². The number of hydrogen-bond donors (Lipinski definition) is 1. The Kier molecular flexibility index (Phi) is 6.51. The SMILES string of the molecule is CC[NH+](CC)CCN1C(=O)C(=O)C(=C([O-])c2ccc3c(c2)CC(C)O3)C1c1ccccc1F. The van der Waals surface area contributed by atoms with Crippen LogP contribution in [-0.2, 0) is 16.0 Å². The first-order chi connectivity index (χ1) is 15.8. The van der Waals surface area contributed by atoms with Gasteiger partial charge < -0.3 is 19.6 Å². The van der Waals surface area contributed by atoms with Crippen molar-refractivity contribution in [2.75, 3.05) is 26.2 Å². The van der Waals surface area contributed by atoms with E-state index in [0.717, 1.165) is 18.7 Å². The fourth-order valence-corrected chi connectivity index (χ4v) is 4.72. The molecule has 0 radical (unpaired) electrons. The number of halogens is 1. The van der Waals surface area contributed by atoms with Crippen molar-refractivity contribution in [3.63, 3.8) is 0 Å². The number of fused-ring (bicyclic) bond motifs is 1. The Hall–Kier alpha value is -3.19. The lowest BCUT2D eigenvalue weighted by atomic mass is 9.94. The largest absolute Gasteiger partial charge is 0.872 e. The second kappa shape index (κ2) is 9.35. The van der Waals surface area contributed by atoms with Crippen molar-refractivity contribution in [1.82, 2.24) is 4.90 Å². The van der Waals surface area contributed by atoms with Gasteiger partial charge in [-0.3, -0.25) is 9.59 Å². The molecule has 1 saturated heterocycles. The summed E-state index contributed by atoms with van der Waals surface area (Å²) < 4.78 is 20.6. The lowest BCUT2D eigenvalue weighted by Crippen LogP contribution is -3.12. The summed E-state index contributed by atoms with van der Waals surface area (Å²) in [6.45, 7) is 8.62. The molecule has 2 heterocycles. The van der Waals surface area contributed by atoms with Gasteiger partial charge in [-0.15, -0.1) is 0 Å². The Balaban J connectivity index is 1.80. The van der Waals surface area contributed by atoms with Crippen molar-refractivity contribution in [3.05, 3.63) is 70.5 Å². The summed E-state index contributed by atoms with van der Waals surface area (Å²) in [6.07, 6.45) is 0.672. The number of quaternary nitrogens is 1. The van der Waals surface area contributed by atoms with Crippen molar-refractivity contribution in [1.29, 1.82) is 0 Å². The van der Waals surface area contributed by atoms with Gasteiger partial charge in [-0.1, -0.05) is 30.0 Å². The minimum absolute atomic E-state index is 0.0110. The summed E-state index contributed by atoms with van der Waals surface area (Å²) in [5, 5.41) is 13.6. The predicted molar refractivity (Wildman–Crippen MR) is 120 cm³/mol. The van der Waals surface area contributed by atoms with Gasteiger partial charge in [0.25, 0.3) is 5.91 Å². The summed E-state index contributed by atoms with van der Waals surface area (Å²) >= 11 is 0. The Morgan fingerprint density at radius 2 is 1.91 bits per heavy atom. The number of hydrogen-bond acceptors (Lipinski definition) is 4. The molecule has 2 unspecified atom stereocenters. The Labute approximate surface area is 193 Å². The number of nitrogens with zero attached hydrogens (tertiary/aromatic N) is 1.